The molecular formula is C12H9BrF3NO. The van der Waals surface area contributed by atoms with Crippen molar-refractivity contribution >= 4 is 21.7 Å². The number of carbonyl (C=O) groups excluding carboxylic acids is 1. The van der Waals surface area contributed by atoms with E-state index in [1.165, 1.54) is 19.1 Å². The third-order valence-corrected chi connectivity index (χ3v) is 3.00. The van der Waals surface area contributed by atoms with Crippen LogP contribution >= 0.6 is 15.9 Å². The van der Waals surface area contributed by atoms with Crippen molar-refractivity contribution in [2.45, 2.75) is 25.4 Å². The fraction of sp³-hybridized carbons (Fsp3) is 0.333. The molecule has 1 aromatic rings. The number of nitrogens with zero attached hydrogens (tertiary/aromatic N) is 1. The summed E-state index contributed by atoms with van der Waals surface area (Å²) in [5, 5.41) is 8.91. The molecule has 1 atom stereocenters. The van der Waals surface area contributed by atoms with Crippen LogP contribution in [-0.4, -0.2) is 5.78 Å². The number of ketones is 1. The fourth-order valence-corrected chi connectivity index (χ4v) is 2.12. The van der Waals surface area contributed by atoms with Crippen LogP contribution < -0.4 is 0 Å². The smallest absolute Gasteiger partial charge is 0.300 e. The normalized spacial score (nSPS) is 12.9. The number of rotatable bonds is 3. The minimum Gasteiger partial charge on any atom is -0.300 e. The van der Waals surface area contributed by atoms with Crippen LogP contribution in [0.1, 0.15) is 30.4 Å². The molecule has 0 fully saturated rings. The van der Waals surface area contributed by atoms with Crippen LogP contribution in [0.5, 0.6) is 0 Å². The summed E-state index contributed by atoms with van der Waals surface area (Å²) in [5.74, 6) is -0.904. The predicted octanol–water partition coefficient (Wildman–Crippen LogP) is 4.05. The Morgan fingerprint density at radius 3 is 2.50 bits per heavy atom. The van der Waals surface area contributed by atoms with Crippen LogP contribution in [0.2, 0.25) is 0 Å². The lowest BCUT2D eigenvalue weighted by atomic mass is 9.94. The standard InChI is InChI=1S/C12H9BrF3NO/c1-7(18)4-9(6-17)8-2-3-10(11(13)5-8)12(14,15)16/h2-3,5,9H,4H2,1H3. The lowest BCUT2D eigenvalue weighted by molar-refractivity contribution is -0.138. The summed E-state index contributed by atoms with van der Waals surface area (Å²) in [6.45, 7) is 1.34. The van der Waals surface area contributed by atoms with Crippen LogP contribution in [0.25, 0.3) is 0 Å². The molecule has 0 spiro atoms. The van der Waals surface area contributed by atoms with E-state index in [1.54, 1.807) is 0 Å². The minimum absolute atomic E-state index is 0.00565. The van der Waals surface area contributed by atoms with Gasteiger partial charge in [0.05, 0.1) is 17.6 Å². The second kappa shape index (κ2) is 5.53. The summed E-state index contributed by atoms with van der Waals surface area (Å²) >= 11 is 2.83. The van der Waals surface area contributed by atoms with Crippen LogP contribution in [0.3, 0.4) is 0 Å². The molecule has 0 heterocycles. The highest BCUT2D eigenvalue weighted by Crippen LogP contribution is 2.36. The van der Waals surface area contributed by atoms with E-state index in [2.05, 4.69) is 15.9 Å². The van der Waals surface area contributed by atoms with E-state index in [1.807, 2.05) is 6.07 Å². The Morgan fingerprint density at radius 1 is 1.50 bits per heavy atom. The largest absolute Gasteiger partial charge is 0.417 e. The number of benzene rings is 1. The van der Waals surface area contributed by atoms with Gasteiger partial charge in [-0.05, 0) is 24.6 Å². The van der Waals surface area contributed by atoms with Gasteiger partial charge in [-0.3, -0.25) is 4.79 Å². The van der Waals surface area contributed by atoms with Crippen molar-refractivity contribution in [3.05, 3.63) is 33.8 Å². The quantitative estimate of drug-likeness (QED) is 0.843. The number of carbonyl (C=O) groups is 1. The first kappa shape index (κ1) is 14.7. The molecule has 0 aromatic heterocycles. The molecule has 1 rings (SSSR count). The van der Waals surface area contributed by atoms with Crippen LogP contribution in [-0.2, 0) is 11.0 Å². The maximum Gasteiger partial charge on any atom is 0.417 e. The number of hydrogen-bond donors (Lipinski definition) is 0. The van der Waals surface area contributed by atoms with Gasteiger partial charge < -0.3 is 0 Å². The summed E-state index contributed by atoms with van der Waals surface area (Å²) in [5.41, 5.74) is -0.404. The first-order valence-corrected chi connectivity index (χ1v) is 5.80. The third kappa shape index (κ3) is 3.57. The molecule has 1 unspecified atom stereocenters. The summed E-state index contributed by atoms with van der Waals surface area (Å²) < 4.78 is 37.4. The molecule has 0 saturated heterocycles. The molecule has 0 bridgehead atoms. The molecule has 0 aliphatic carbocycles. The van der Waals surface area contributed by atoms with E-state index in [0.717, 1.165) is 6.07 Å². The molecular weight excluding hydrogens is 311 g/mol. The number of alkyl halides is 3. The Labute approximate surface area is 111 Å². The number of nitriles is 1. The van der Waals surface area contributed by atoms with Crippen molar-refractivity contribution in [2.24, 2.45) is 0 Å². The monoisotopic (exact) mass is 319 g/mol. The van der Waals surface area contributed by atoms with E-state index in [9.17, 15) is 18.0 Å². The van der Waals surface area contributed by atoms with Crippen molar-refractivity contribution in [2.75, 3.05) is 0 Å². The number of halogens is 4. The van der Waals surface area contributed by atoms with Gasteiger partial charge in [-0.25, -0.2) is 0 Å². The van der Waals surface area contributed by atoms with Gasteiger partial charge in [0.2, 0.25) is 0 Å². The Balaban J connectivity index is 3.11. The molecule has 0 radical (unpaired) electrons. The Kier molecular flexibility index (Phi) is 4.52. The van der Waals surface area contributed by atoms with Gasteiger partial charge in [-0.15, -0.1) is 0 Å². The second-order valence-electron chi connectivity index (χ2n) is 3.82. The average Bonchev–Trinajstić information content (AvgIpc) is 2.23. The first-order chi connectivity index (χ1) is 8.25. The van der Waals surface area contributed by atoms with Gasteiger partial charge in [-0.2, -0.15) is 18.4 Å². The lowest BCUT2D eigenvalue weighted by Crippen LogP contribution is -2.08. The molecule has 1 aromatic carbocycles. The Hall–Kier alpha value is -1.35. The van der Waals surface area contributed by atoms with Gasteiger partial charge in [-0.1, -0.05) is 22.0 Å². The molecule has 0 N–H and O–H groups in total. The van der Waals surface area contributed by atoms with Crippen LogP contribution in [0, 0.1) is 11.3 Å². The summed E-state index contributed by atoms with van der Waals surface area (Å²) in [6.07, 6.45) is -4.45. The number of hydrogen-bond acceptors (Lipinski definition) is 2. The third-order valence-electron chi connectivity index (χ3n) is 2.35. The highest BCUT2D eigenvalue weighted by atomic mass is 79.9. The van der Waals surface area contributed by atoms with Gasteiger partial charge in [0, 0.05) is 10.9 Å². The zero-order chi connectivity index (χ0) is 13.9. The van der Waals surface area contributed by atoms with Crippen molar-refractivity contribution in [1.82, 2.24) is 0 Å². The highest BCUT2D eigenvalue weighted by Gasteiger charge is 2.33. The highest BCUT2D eigenvalue weighted by molar-refractivity contribution is 9.10. The summed E-state index contributed by atoms with van der Waals surface area (Å²) in [6, 6.07) is 5.28. The SMILES string of the molecule is CC(=O)CC(C#N)c1ccc(C(F)(F)F)c(Br)c1. The predicted molar refractivity (Wildman–Crippen MR) is 62.8 cm³/mol. The minimum atomic E-state index is -4.44. The molecule has 96 valence electrons. The zero-order valence-corrected chi connectivity index (χ0v) is 11.0. The topological polar surface area (TPSA) is 40.9 Å². The van der Waals surface area contributed by atoms with Gasteiger partial charge in [0.25, 0.3) is 0 Å². The Bertz CT molecular complexity index is 505. The van der Waals surface area contributed by atoms with E-state index < -0.39 is 17.7 Å². The Morgan fingerprint density at radius 2 is 2.11 bits per heavy atom. The van der Waals surface area contributed by atoms with Gasteiger partial charge in [0.1, 0.15) is 5.78 Å². The average molecular weight is 320 g/mol. The molecule has 18 heavy (non-hydrogen) atoms. The fourth-order valence-electron chi connectivity index (χ4n) is 1.50. The summed E-state index contributed by atoms with van der Waals surface area (Å²) in [7, 11) is 0. The lowest BCUT2D eigenvalue weighted by Gasteiger charge is -2.12. The van der Waals surface area contributed by atoms with Gasteiger partial charge in [0.15, 0.2) is 0 Å². The van der Waals surface area contributed by atoms with Crippen molar-refractivity contribution < 1.29 is 18.0 Å². The second-order valence-corrected chi connectivity index (χ2v) is 4.68. The number of Topliss-reactive ketones (excluding diaryl/α,β-unsaturated/α-hetero) is 1. The maximum absolute atomic E-state index is 12.5. The molecule has 2 nitrogen and oxygen atoms in total. The first-order valence-electron chi connectivity index (χ1n) is 5.01. The van der Waals surface area contributed by atoms with Crippen molar-refractivity contribution in [1.29, 1.82) is 5.26 Å². The maximum atomic E-state index is 12.5. The summed E-state index contributed by atoms with van der Waals surface area (Å²) in [4.78, 5) is 11.0. The van der Waals surface area contributed by atoms with E-state index in [-0.39, 0.29) is 16.7 Å². The van der Waals surface area contributed by atoms with Crippen molar-refractivity contribution in [3.8, 4) is 6.07 Å². The molecule has 0 aliphatic rings. The van der Waals surface area contributed by atoms with Crippen LogP contribution in [0.4, 0.5) is 13.2 Å². The van der Waals surface area contributed by atoms with E-state index in [4.69, 9.17) is 5.26 Å². The van der Waals surface area contributed by atoms with E-state index >= 15 is 0 Å². The van der Waals surface area contributed by atoms with Crippen molar-refractivity contribution in [3.63, 3.8) is 0 Å². The van der Waals surface area contributed by atoms with Crippen LogP contribution in [0.15, 0.2) is 22.7 Å². The molecule has 0 amide bonds. The molecule has 6 heteroatoms. The van der Waals surface area contributed by atoms with Gasteiger partial charge >= 0.3 is 6.18 Å². The molecule has 0 aliphatic heterocycles. The van der Waals surface area contributed by atoms with E-state index in [0.29, 0.717) is 5.56 Å². The zero-order valence-electron chi connectivity index (χ0n) is 9.38. The molecule has 0 saturated carbocycles.